The summed E-state index contributed by atoms with van der Waals surface area (Å²) in [4.78, 5) is 10.6. The standard InChI is InChI=1S/C12H14O3/c1-9-4-5-11(7-13)6-12(9)15-10(2)8-14-3/h4-8H,1-3H3/b10-8-. The summed E-state index contributed by atoms with van der Waals surface area (Å²) >= 11 is 0. The molecule has 0 aromatic heterocycles. The minimum Gasteiger partial charge on any atom is -0.501 e. The second-order valence-electron chi connectivity index (χ2n) is 3.21. The molecular weight excluding hydrogens is 192 g/mol. The highest BCUT2D eigenvalue weighted by atomic mass is 16.5. The average molecular weight is 206 g/mol. The molecule has 0 heterocycles. The number of methoxy groups -OCH3 is 1. The summed E-state index contributed by atoms with van der Waals surface area (Å²) in [5.74, 6) is 1.31. The highest BCUT2D eigenvalue weighted by Crippen LogP contribution is 2.20. The monoisotopic (exact) mass is 206 g/mol. The van der Waals surface area contributed by atoms with Crippen molar-refractivity contribution < 1.29 is 14.3 Å². The van der Waals surface area contributed by atoms with Crippen molar-refractivity contribution in [2.24, 2.45) is 0 Å². The fourth-order valence-corrected chi connectivity index (χ4v) is 1.16. The third-order valence-corrected chi connectivity index (χ3v) is 1.90. The van der Waals surface area contributed by atoms with E-state index in [0.717, 1.165) is 11.8 Å². The minimum atomic E-state index is 0.598. The van der Waals surface area contributed by atoms with Crippen LogP contribution in [0.5, 0.6) is 5.75 Å². The van der Waals surface area contributed by atoms with Gasteiger partial charge >= 0.3 is 0 Å². The first-order chi connectivity index (χ1) is 7.17. The lowest BCUT2D eigenvalue weighted by Crippen LogP contribution is -1.95. The lowest BCUT2D eigenvalue weighted by molar-refractivity contribution is 0.112. The number of hydrogen-bond acceptors (Lipinski definition) is 3. The summed E-state index contributed by atoms with van der Waals surface area (Å²) in [6.07, 6.45) is 2.30. The quantitative estimate of drug-likeness (QED) is 0.561. The Labute approximate surface area is 89.3 Å². The van der Waals surface area contributed by atoms with Crippen LogP contribution in [0.25, 0.3) is 0 Å². The van der Waals surface area contributed by atoms with Gasteiger partial charge in [-0.1, -0.05) is 12.1 Å². The van der Waals surface area contributed by atoms with E-state index in [9.17, 15) is 4.79 Å². The Morgan fingerprint density at radius 1 is 1.40 bits per heavy atom. The van der Waals surface area contributed by atoms with Gasteiger partial charge in [-0.2, -0.15) is 0 Å². The second-order valence-corrected chi connectivity index (χ2v) is 3.21. The largest absolute Gasteiger partial charge is 0.501 e. The topological polar surface area (TPSA) is 35.5 Å². The van der Waals surface area contributed by atoms with Gasteiger partial charge in [0.05, 0.1) is 7.11 Å². The summed E-state index contributed by atoms with van der Waals surface area (Å²) in [7, 11) is 1.56. The SMILES string of the molecule is CO/C=C(/C)Oc1cc(C=O)ccc1C. The Morgan fingerprint density at radius 3 is 2.73 bits per heavy atom. The molecule has 0 N–H and O–H groups in total. The van der Waals surface area contributed by atoms with Crippen LogP contribution in [0.4, 0.5) is 0 Å². The van der Waals surface area contributed by atoms with Gasteiger partial charge in [0.15, 0.2) is 0 Å². The number of benzene rings is 1. The van der Waals surface area contributed by atoms with Crippen molar-refractivity contribution >= 4 is 6.29 Å². The van der Waals surface area contributed by atoms with Gasteiger partial charge < -0.3 is 9.47 Å². The number of aryl methyl sites for hydroxylation is 1. The normalized spacial score (nSPS) is 11.0. The van der Waals surface area contributed by atoms with Crippen LogP contribution in [-0.2, 0) is 4.74 Å². The molecule has 0 unspecified atom stereocenters. The Balaban J connectivity index is 2.93. The zero-order valence-corrected chi connectivity index (χ0v) is 9.11. The molecule has 0 atom stereocenters. The maximum atomic E-state index is 10.6. The maximum Gasteiger partial charge on any atom is 0.150 e. The molecule has 1 aromatic rings. The molecule has 0 radical (unpaired) electrons. The molecule has 0 bridgehead atoms. The maximum absolute atomic E-state index is 10.6. The zero-order valence-electron chi connectivity index (χ0n) is 9.11. The molecule has 3 heteroatoms. The van der Waals surface area contributed by atoms with Gasteiger partial charge in [0.2, 0.25) is 0 Å². The first-order valence-electron chi connectivity index (χ1n) is 4.60. The number of hydrogen-bond donors (Lipinski definition) is 0. The highest BCUT2D eigenvalue weighted by molar-refractivity contribution is 5.75. The molecule has 0 fully saturated rings. The summed E-state index contributed by atoms with van der Waals surface area (Å²) in [6, 6.07) is 5.30. The summed E-state index contributed by atoms with van der Waals surface area (Å²) in [5.41, 5.74) is 1.57. The van der Waals surface area contributed by atoms with E-state index < -0.39 is 0 Å². The molecule has 1 aromatic carbocycles. The molecule has 15 heavy (non-hydrogen) atoms. The average Bonchev–Trinajstić information content (AvgIpc) is 2.21. The van der Waals surface area contributed by atoms with E-state index in [2.05, 4.69) is 0 Å². The molecular formula is C12H14O3. The minimum absolute atomic E-state index is 0.598. The second kappa shape index (κ2) is 5.20. The molecule has 0 aliphatic carbocycles. The van der Waals surface area contributed by atoms with Crippen LogP contribution >= 0.6 is 0 Å². The zero-order chi connectivity index (χ0) is 11.3. The van der Waals surface area contributed by atoms with Crippen molar-refractivity contribution in [1.82, 2.24) is 0 Å². The Morgan fingerprint density at radius 2 is 2.13 bits per heavy atom. The van der Waals surface area contributed by atoms with Crippen molar-refractivity contribution in [3.63, 3.8) is 0 Å². The third-order valence-electron chi connectivity index (χ3n) is 1.90. The first kappa shape index (κ1) is 11.3. The van der Waals surface area contributed by atoms with E-state index in [-0.39, 0.29) is 0 Å². The smallest absolute Gasteiger partial charge is 0.150 e. The van der Waals surface area contributed by atoms with E-state index in [1.807, 2.05) is 13.0 Å². The Hall–Kier alpha value is -1.77. The van der Waals surface area contributed by atoms with Gasteiger partial charge in [0, 0.05) is 5.56 Å². The number of rotatable bonds is 4. The molecule has 80 valence electrons. The summed E-state index contributed by atoms with van der Waals surface area (Å²) in [6.45, 7) is 3.71. The highest BCUT2D eigenvalue weighted by Gasteiger charge is 2.02. The number of carbonyl (C=O) groups excluding carboxylic acids is 1. The van der Waals surface area contributed by atoms with Crippen LogP contribution in [0.1, 0.15) is 22.8 Å². The van der Waals surface area contributed by atoms with Gasteiger partial charge in [-0.3, -0.25) is 4.79 Å². The number of allylic oxidation sites excluding steroid dienone is 1. The van der Waals surface area contributed by atoms with E-state index in [1.165, 1.54) is 6.26 Å². The molecule has 1 rings (SSSR count). The molecule has 0 spiro atoms. The van der Waals surface area contributed by atoms with Gasteiger partial charge in [0.1, 0.15) is 24.1 Å². The Kier molecular flexibility index (Phi) is 3.92. The van der Waals surface area contributed by atoms with Crippen LogP contribution < -0.4 is 4.74 Å². The predicted octanol–water partition coefficient (Wildman–Crippen LogP) is 2.69. The summed E-state index contributed by atoms with van der Waals surface area (Å²) in [5, 5.41) is 0. The van der Waals surface area contributed by atoms with Crippen molar-refractivity contribution in [2.75, 3.05) is 7.11 Å². The van der Waals surface area contributed by atoms with E-state index in [1.54, 1.807) is 26.2 Å². The summed E-state index contributed by atoms with van der Waals surface area (Å²) < 4.78 is 10.3. The van der Waals surface area contributed by atoms with Crippen LogP contribution in [0, 0.1) is 6.92 Å². The van der Waals surface area contributed by atoms with Crippen LogP contribution in [-0.4, -0.2) is 13.4 Å². The van der Waals surface area contributed by atoms with Crippen molar-refractivity contribution in [3.05, 3.63) is 41.3 Å². The number of carbonyl (C=O) groups is 1. The van der Waals surface area contributed by atoms with E-state index >= 15 is 0 Å². The molecule has 0 saturated heterocycles. The van der Waals surface area contributed by atoms with Crippen molar-refractivity contribution in [3.8, 4) is 5.75 Å². The van der Waals surface area contributed by atoms with Gasteiger partial charge in [-0.05, 0) is 25.5 Å². The van der Waals surface area contributed by atoms with Gasteiger partial charge in [0.25, 0.3) is 0 Å². The molecule has 0 amide bonds. The molecule has 0 aliphatic heterocycles. The van der Waals surface area contributed by atoms with Crippen LogP contribution in [0.3, 0.4) is 0 Å². The lowest BCUT2D eigenvalue weighted by atomic mass is 10.1. The fourth-order valence-electron chi connectivity index (χ4n) is 1.16. The van der Waals surface area contributed by atoms with Crippen molar-refractivity contribution in [1.29, 1.82) is 0 Å². The lowest BCUT2D eigenvalue weighted by Gasteiger charge is -2.08. The Bertz CT molecular complexity index is 380. The van der Waals surface area contributed by atoms with Gasteiger partial charge in [-0.25, -0.2) is 0 Å². The molecule has 3 nitrogen and oxygen atoms in total. The first-order valence-corrected chi connectivity index (χ1v) is 4.60. The fraction of sp³-hybridized carbons (Fsp3) is 0.250. The van der Waals surface area contributed by atoms with Crippen LogP contribution in [0.15, 0.2) is 30.2 Å². The number of ether oxygens (including phenoxy) is 2. The third kappa shape index (κ3) is 3.13. The van der Waals surface area contributed by atoms with Gasteiger partial charge in [-0.15, -0.1) is 0 Å². The van der Waals surface area contributed by atoms with E-state index in [4.69, 9.17) is 9.47 Å². The van der Waals surface area contributed by atoms with Crippen LogP contribution in [0.2, 0.25) is 0 Å². The molecule has 0 saturated carbocycles. The molecule has 0 aliphatic rings. The van der Waals surface area contributed by atoms with Crippen molar-refractivity contribution in [2.45, 2.75) is 13.8 Å². The number of aldehydes is 1. The van der Waals surface area contributed by atoms with E-state index in [0.29, 0.717) is 17.1 Å². The predicted molar refractivity (Wildman–Crippen MR) is 58.0 cm³/mol.